The molecule has 0 bridgehead atoms. The maximum absolute atomic E-state index is 12.8. The van der Waals surface area contributed by atoms with E-state index in [1.165, 1.54) is 250 Å². The molecule has 2 atom stereocenters. The first-order chi connectivity index (χ1) is 34.1. The molecule has 0 saturated heterocycles. The third-order valence-electron chi connectivity index (χ3n) is 14.1. The molecule has 0 aliphatic heterocycles. The Balaban J connectivity index is 3.90. The molecular weight excluding hydrogens is 875 g/mol. The van der Waals surface area contributed by atoms with Gasteiger partial charge in [0, 0.05) is 12.8 Å². The van der Waals surface area contributed by atoms with Crippen LogP contribution in [0.25, 0.3) is 0 Å². The SMILES string of the molecule is CCCCCCCCCCCCCCCCCCCCCCCCCCCCCCCCCCCCCC(=O)OC(COC(=O)CCCCCCCCCCCC)COC(OCC[N+](C)(C)C)C(=O)[O-]. The number of ether oxygens (including phenoxy) is 4. The van der Waals surface area contributed by atoms with Gasteiger partial charge in [-0.25, -0.2) is 0 Å². The Labute approximate surface area is 434 Å². The molecule has 0 spiro atoms. The minimum atomic E-state index is -1.61. The number of quaternary nitrogens is 1. The zero-order chi connectivity index (χ0) is 51.3. The predicted molar refractivity (Wildman–Crippen MR) is 293 cm³/mol. The van der Waals surface area contributed by atoms with Crippen molar-refractivity contribution in [1.29, 1.82) is 0 Å². The number of unbranched alkanes of at least 4 members (excludes halogenated alkanes) is 43. The molecule has 9 heteroatoms. The van der Waals surface area contributed by atoms with Crippen LogP contribution in [0, 0.1) is 0 Å². The third kappa shape index (κ3) is 54.1. The van der Waals surface area contributed by atoms with Gasteiger partial charge >= 0.3 is 11.9 Å². The van der Waals surface area contributed by atoms with Gasteiger partial charge in [0.05, 0.1) is 40.3 Å². The maximum Gasteiger partial charge on any atom is 0.306 e. The van der Waals surface area contributed by atoms with E-state index in [4.69, 9.17) is 18.9 Å². The van der Waals surface area contributed by atoms with Gasteiger partial charge in [0.2, 0.25) is 0 Å². The monoisotopic (exact) mass is 994 g/mol. The Morgan fingerprint density at radius 1 is 0.371 bits per heavy atom. The van der Waals surface area contributed by atoms with Gasteiger partial charge in [0.1, 0.15) is 13.2 Å². The zero-order valence-electron chi connectivity index (χ0n) is 47.4. The molecule has 0 saturated carbocycles. The van der Waals surface area contributed by atoms with Crippen molar-refractivity contribution in [2.45, 2.75) is 328 Å². The Kier molecular flexibility index (Phi) is 52.3. The lowest BCUT2D eigenvalue weighted by Gasteiger charge is -2.26. The summed E-state index contributed by atoms with van der Waals surface area (Å²) in [4.78, 5) is 37.1. The highest BCUT2D eigenvalue weighted by Gasteiger charge is 2.22. The highest BCUT2D eigenvalue weighted by molar-refractivity contribution is 5.70. The first-order valence-corrected chi connectivity index (χ1v) is 30.7. The summed E-state index contributed by atoms with van der Waals surface area (Å²) in [6, 6.07) is 0. The number of carbonyl (C=O) groups excluding carboxylic acids is 3. The number of hydrogen-bond donors (Lipinski definition) is 0. The Morgan fingerprint density at radius 2 is 0.643 bits per heavy atom. The second kappa shape index (κ2) is 53.6. The minimum Gasteiger partial charge on any atom is -0.545 e. The number of rotatable bonds is 58. The predicted octanol–water partition coefficient (Wildman–Crippen LogP) is 16.6. The molecule has 0 N–H and O–H groups in total. The lowest BCUT2D eigenvalue weighted by Crippen LogP contribution is -2.44. The van der Waals surface area contributed by atoms with Crippen molar-refractivity contribution in [1.82, 2.24) is 0 Å². The van der Waals surface area contributed by atoms with Gasteiger partial charge in [-0.2, -0.15) is 0 Å². The Hall–Kier alpha value is -1.71. The van der Waals surface area contributed by atoms with Gasteiger partial charge in [0.25, 0.3) is 0 Å². The van der Waals surface area contributed by atoms with E-state index in [0.29, 0.717) is 17.4 Å². The van der Waals surface area contributed by atoms with Crippen molar-refractivity contribution in [3.63, 3.8) is 0 Å². The fourth-order valence-electron chi connectivity index (χ4n) is 9.36. The van der Waals surface area contributed by atoms with Crippen LogP contribution >= 0.6 is 0 Å². The standard InChI is InChI=1S/C61H119NO8/c1-6-8-10-12-14-16-18-19-20-21-22-23-24-25-26-27-28-29-30-31-32-33-34-35-36-37-38-39-40-41-42-44-46-48-50-52-59(64)70-57(56-69-61(60(65)66)67-54-53-62(3,4)5)55-68-58(63)51-49-47-45-43-17-15-13-11-9-7-2/h57,61H,6-56H2,1-5H3. The number of carbonyl (C=O) groups is 3. The second-order valence-electron chi connectivity index (χ2n) is 22.4. The van der Waals surface area contributed by atoms with Gasteiger partial charge in [-0.1, -0.05) is 290 Å². The molecule has 0 aromatic heterocycles. The van der Waals surface area contributed by atoms with Crippen molar-refractivity contribution in [2.24, 2.45) is 0 Å². The highest BCUT2D eigenvalue weighted by atomic mass is 16.7. The van der Waals surface area contributed by atoms with E-state index in [2.05, 4.69) is 13.8 Å². The fraction of sp³-hybridized carbons (Fsp3) is 0.951. The quantitative estimate of drug-likeness (QED) is 0.0256. The van der Waals surface area contributed by atoms with Gasteiger partial charge < -0.3 is 33.3 Å². The third-order valence-corrected chi connectivity index (χ3v) is 14.1. The van der Waals surface area contributed by atoms with E-state index >= 15 is 0 Å². The highest BCUT2D eigenvalue weighted by Crippen LogP contribution is 2.18. The summed E-state index contributed by atoms with van der Waals surface area (Å²) in [5.41, 5.74) is 0. The van der Waals surface area contributed by atoms with Crippen LogP contribution < -0.4 is 5.11 Å². The maximum atomic E-state index is 12.8. The van der Waals surface area contributed by atoms with Crippen LogP contribution in [0.15, 0.2) is 0 Å². The minimum absolute atomic E-state index is 0.153. The van der Waals surface area contributed by atoms with Crippen molar-refractivity contribution in [3.05, 3.63) is 0 Å². The van der Waals surface area contributed by atoms with Crippen molar-refractivity contribution in [3.8, 4) is 0 Å². The van der Waals surface area contributed by atoms with Crippen LogP contribution in [0.3, 0.4) is 0 Å². The molecule has 70 heavy (non-hydrogen) atoms. The van der Waals surface area contributed by atoms with Crippen LogP contribution in [-0.2, 0) is 33.3 Å². The fourth-order valence-corrected chi connectivity index (χ4v) is 9.36. The molecule has 0 aromatic carbocycles. The number of carboxylic acid groups (broad SMARTS) is 1. The largest absolute Gasteiger partial charge is 0.545 e. The van der Waals surface area contributed by atoms with E-state index in [9.17, 15) is 19.5 Å². The summed E-state index contributed by atoms with van der Waals surface area (Å²) < 4.78 is 22.6. The van der Waals surface area contributed by atoms with Gasteiger partial charge in [0.15, 0.2) is 12.4 Å². The van der Waals surface area contributed by atoms with Crippen LogP contribution in [-0.4, -0.2) is 82.3 Å². The van der Waals surface area contributed by atoms with Crippen LogP contribution in [0.5, 0.6) is 0 Å². The molecule has 0 heterocycles. The number of aliphatic carboxylic acids is 1. The van der Waals surface area contributed by atoms with E-state index in [0.717, 1.165) is 38.5 Å². The number of hydrogen-bond acceptors (Lipinski definition) is 8. The summed E-state index contributed by atoms with van der Waals surface area (Å²) in [5.74, 6) is -2.26. The first-order valence-electron chi connectivity index (χ1n) is 30.7. The lowest BCUT2D eigenvalue weighted by molar-refractivity contribution is -0.870. The Morgan fingerprint density at radius 3 is 0.914 bits per heavy atom. The lowest BCUT2D eigenvalue weighted by atomic mass is 10.0. The molecule has 0 aromatic rings. The number of carboxylic acids is 1. The number of nitrogens with zero attached hydrogens (tertiary/aromatic N) is 1. The average Bonchev–Trinajstić information content (AvgIpc) is 3.33. The molecule has 0 aliphatic carbocycles. The molecule has 0 aliphatic rings. The average molecular weight is 995 g/mol. The van der Waals surface area contributed by atoms with Crippen molar-refractivity contribution >= 4 is 17.9 Å². The summed E-state index contributed by atoms with van der Waals surface area (Å²) in [6.07, 6.45) is 57.7. The first kappa shape index (κ1) is 68.3. The van der Waals surface area contributed by atoms with Gasteiger partial charge in [-0.05, 0) is 12.8 Å². The van der Waals surface area contributed by atoms with E-state index in [1.54, 1.807) is 0 Å². The zero-order valence-corrected chi connectivity index (χ0v) is 47.4. The number of esters is 2. The topological polar surface area (TPSA) is 111 Å². The summed E-state index contributed by atoms with van der Waals surface area (Å²) in [7, 11) is 5.93. The molecule has 9 nitrogen and oxygen atoms in total. The number of likely N-dealkylation sites (N-methyl/N-ethyl adjacent to an activating group) is 1. The molecular formula is C61H119NO8. The summed E-state index contributed by atoms with van der Waals surface area (Å²) in [5, 5.41) is 11.7. The van der Waals surface area contributed by atoms with Crippen LogP contribution in [0.2, 0.25) is 0 Å². The van der Waals surface area contributed by atoms with Crippen molar-refractivity contribution < 1.29 is 42.9 Å². The molecule has 0 amide bonds. The summed E-state index contributed by atoms with van der Waals surface area (Å²) in [6.45, 7) is 4.79. The second-order valence-corrected chi connectivity index (χ2v) is 22.4. The van der Waals surface area contributed by atoms with E-state index < -0.39 is 24.3 Å². The van der Waals surface area contributed by atoms with E-state index in [1.807, 2.05) is 21.1 Å². The van der Waals surface area contributed by atoms with E-state index in [-0.39, 0.29) is 32.2 Å². The van der Waals surface area contributed by atoms with Gasteiger partial charge in [-0.3, -0.25) is 9.59 Å². The van der Waals surface area contributed by atoms with Crippen LogP contribution in [0.4, 0.5) is 0 Å². The molecule has 0 rings (SSSR count). The Bertz CT molecular complexity index is 1110. The van der Waals surface area contributed by atoms with Gasteiger partial charge in [-0.15, -0.1) is 0 Å². The van der Waals surface area contributed by atoms with Crippen molar-refractivity contribution in [2.75, 3.05) is 47.5 Å². The normalized spacial score (nSPS) is 12.6. The smallest absolute Gasteiger partial charge is 0.306 e. The molecule has 0 radical (unpaired) electrons. The van der Waals surface area contributed by atoms with Crippen LogP contribution in [0.1, 0.15) is 316 Å². The summed E-state index contributed by atoms with van der Waals surface area (Å²) >= 11 is 0. The molecule has 0 fully saturated rings. The molecule has 2 unspecified atom stereocenters. The molecule has 416 valence electrons.